The first kappa shape index (κ1) is 27.9. The predicted octanol–water partition coefficient (Wildman–Crippen LogP) is 6.92. The fraction of sp³-hybridized carbons (Fsp3) is 0.286. The molecule has 3 aromatic carbocycles. The van der Waals surface area contributed by atoms with E-state index in [9.17, 15) is 27.2 Å². The van der Waals surface area contributed by atoms with Crippen LogP contribution in [0.25, 0.3) is 11.1 Å². The van der Waals surface area contributed by atoms with Crippen molar-refractivity contribution in [2.75, 3.05) is 13.2 Å². The van der Waals surface area contributed by atoms with E-state index in [1.165, 1.54) is 0 Å². The number of hydrogen-bond donors (Lipinski definition) is 0. The Hall–Kier alpha value is -3.72. The van der Waals surface area contributed by atoms with Crippen molar-refractivity contribution in [1.82, 2.24) is 0 Å². The van der Waals surface area contributed by atoms with Crippen LogP contribution < -0.4 is 4.74 Å². The second-order valence-corrected chi connectivity index (χ2v) is 8.25. The molecule has 0 spiro atoms. The maximum absolute atomic E-state index is 14.5. The van der Waals surface area contributed by atoms with Gasteiger partial charge in [-0.05, 0) is 62.1 Å². The lowest BCUT2D eigenvalue weighted by Gasteiger charge is -2.21. The molecule has 0 N–H and O–H groups in total. The number of hydrogen-bond acceptors (Lipinski definition) is 5. The molecule has 0 aliphatic carbocycles. The molecule has 37 heavy (non-hydrogen) atoms. The average molecular weight is 519 g/mol. The molecule has 3 aromatic rings. The third kappa shape index (κ3) is 7.88. The highest BCUT2D eigenvalue weighted by atomic mass is 19.4. The molecule has 9 heteroatoms. The number of carbonyl (C=O) groups excluding carboxylic acids is 2. The monoisotopic (exact) mass is 518 g/mol. The average Bonchev–Trinajstić information content (AvgIpc) is 2.85. The van der Waals surface area contributed by atoms with Crippen LogP contribution in [-0.4, -0.2) is 37.4 Å². The van der Waals surface area contributed by atoms with E-state index in [0.29, 0.717) is 6.61 Å². The molecule has 0 radical (unpaired) electrons. The van der Waals surface area contributed by atoms with Gasteiger partial charge in [-0.2, -0.15) is 13.2 Å². The van der Waals surface area contributed by atoms with E-state index >= 15 is 0 Å². The van der Waals surface area contributed by atoms with Gasteiger partial charge in [-0.1, -0.05) is 42.0 Å². The van der Waals surface area contributed by atoms with Gasteiger partial charge in [0.05, 0.1) is 11.1 Å². The smallest absolute Gasteiger partial charge is 0.425 e. The molecule has 0 heterocycles. The highest BCUT2D eigenvalue weighted by Crippen LogP contribution is 2.28. The highest BCUT2D eigenvalue weighted by molar-refractivity contribution is 5.92. The third-order valence-corrected chi connectivity index (χ3v) is 5.45. The van der Waals surface area contributed by atoms with Crippen LogP contribution in [0.2, 0.25) is 0 Å². The Balaban J connectivity index is 1.64. The number of carbonyl (C=O) groups is 2. The summed E-state index contributed by atoms with van der Waals surface area (Å²) in [7, 11) is 0. The molecule has 0 aliphatic rings. The molecule has 5 nitrogen and oxygen atoms in total. The molecule has 0 aromatic heterocycles. The minimum Gasteiger partial charge on any atom is -0.449 e. The summed E-state index contributed by atoms with van der Waals surface area (Å²) >= 11 is 0. The first-order chi connectivity index (χ1) is 17.6. The number of benzene rings is 3. The van der Waals surface area contributed by atoms with Crippen molar-refractivity contribution in [1.29, 1.82) is 0 Å². The number of aryl methyl sites for hydroxylation is 1. The van der Waals surface area contributed by atoms with E-state index in [4.69, 9.17) is 9.47 Å². The van der Waals surface area contributed by atoms with Gasteiger partial charge >= 0.3 is 18.1 Å². The Morgan fingerprint density at radius 2 is 1.51 bits per heavy atom. The molecule has 3 rings (SSSR count). The van der Waals surface area contributed by atoms with Crippen LogP contribution in [0.15, 0.2) is 66.7 Å². The summed E-state index contributed by atoms with van der Waals surface area (Å²) in [4.78, 5) is 24.7. The van der Waals surface area contributed by atoms with Gasteiger partial charge in [-0.15, -0.1) is 0 Å². The fourth-order valence-corrected chi connectivity index (χ4v) is 3.43. The van der Waals surface area contributed by atoms with Crippen molar-refractivity contribution in [3.63, 3.8) is 0 Å². The Bertz CT molecular complexity index is 1200. The molecule has 0 saturated carbocycles. The Kier molecular flexibility index (Phi) is 9.41. The largest absolute Gasteiger partial charge is 0.449 e. The lowest BCUT2D eigenvalue weighted by Crippen LogP contribution is -2.34. The Morgan fingerprint density at radius 1 is 0.892 bits per heavy atom. The van der Waals surface area contributed by atoms with Crippen LogP contribution in [0, 0.1) is 12.7 Å². The molecule has 0 fully saturated rings. The fourth-order valence-electron chi connectivity index (χ4n) is 3.43. The van der Waals surface area contributed by atoms with E-state index in [-0.39, 0.29) is 24.3 Å². The van der Waals surface area contributed by atoms with Gasteiger partial charge < -0.3 is 14.2 Å². The molecular weight excluding hydrogens is 492 g/mol. The molecule has 0 aliphatic heterocycles. The third-order valence-electron chi connectivity index (χ3n) is 5.45. The standard InChI is InChI=1S/C28H26F4O5/c1-3-35-16-4-5-25(28(30,31)32)37-27(34)23-15-14-22(17-24(23)29)36-26(33)21-12-10-20(11-13-21)19-8-6-18(2)7-9-19/h6-15,17,25H,3-5,16H2,1-2H3. The topological polar surface area (TPSA) is 61.8 Å². The van der Waals surface area contributed by atoms with Crippen molar-refractivity contribution in [2.45, 2.75) is 39.0 Å². The number of alkyl halides is 3. The zero-order valence-corrected chi connectivity index (χ0v) is 20.3. The Labute approximate surface area is 212 Å². The lowest BCUT2D eigenvalue weighted by molar-refractivity contribution is -0.206. The number of ether oxygens (including phenoxy) is 3. The summed E-state index contributed by atoms with van der Waals surface area (Å²) in [6, 6.07) is 17.2. The molecule has 0 saturated heterocycles. The van der Waals surface area contributed by atoms with Gasteiger partial charge in [0.1, 0.15) is 11.6 Å². The second-order valence-electron chi connectivity index (χ2n) is 8.25. The van der Waals surface area contributed by atoms with Gasteiger partial charge in [0.2, 0.25) is 0 Å². The van der Waals surface area contributed by atoms with E-state index in [0.717, 1.165) is 34.9 Å². The molecular formula is C28H26F4O5. The molecule has 1 atom stereocenters. The van der Waals surface area contributed by atoms with Crippen LogP contribution in [-0.2, 0) is 9.47 Å². The van der Waals surface area contributed by atoms with Crippen molar-refractivity contribution in [3.8, 4) is 16.9 Å². The van der Waals surface area contributed by atoms with E-state index in [1.54, 1.807) is 31.2 Å². The van der Waals surface area contributed by atoms with Crippen LogP contribution >= 0.6 is 0 Å². The van der Waals surface area contributed by atoms with E-state index < -0.39 is 42.0 Å². The maximum Gasteiger partial charge on any atom is 0.425 e. The van der Waals surface area contributed by atoms with Gasteiger partial charge in [-0.25, -0.2) is 14.0 Å². The van der Waals surface area contributed by atoms with Gasteiger partial charge in [0.15, 0.2) is 6.10 Å². The number of halogens is 4. The minimum atomic E-state index is -4.82. The lowest BCUT2D eigenvalue weighted by atomic mass is 10.0. The summed E-state index contributed by atoms with van der Waals surface area (Å²) in [5.74, 6) is -3.64. The SMILES string of the molecule is CCOCCCC(OC(=O)c1ccc(OC(=O)c2ccc(-c3ccc(C)cc3)cc2)cc1F)C(F)(F)F. The van der Waals surface area contributed by atoms with E-state index in [1.807, 2.05) is 31.2 Å². The quantitative estimate of drug-likeness (QED) is 0.126. The predicted molar refractivity (Wildman–Crippen MR) is 129 cm³/mol. The van der Waals surface area contributed by atoms with Crippen molar-refractivity contribution in [2.24, 2.45) is 0 Å². The summed E-state index contributed by atoms with van der Waals surface area (Å²) in [5.41, 5.74) is 2.48. The summed E-state index contributed by atoms with van der Waals surface area (Å²) in [6.07, 6.45) is -7.73. The van der Waals surface area contributed by atoms with Crippen LogP contribution in [0.4, 0.5) is 17.6 Å². The first-order valence-electron chi connectivity index (χ1n) is 11.6. The van der Waals surface area contributed by atoms with Crippen molar-refractivity contribution >= 4 is 11.9 Å². The minimum absolute atomic E-state index is 0.00860. The van der Waals surface area contributed by atoms with Crippen molar-refractivity contribution in [3.05, 3.63) is 89.2 Å². The van der Waals surface area contributed by atoms with E-state index in [2.05, 4.69) is 4.74 Å². The molecule has 196 valence electrons. The van der Waals surface area contributed by atoms with Crippen LogP contribution in [0.1, 0.15) is 46.0 Å². The maximum atomic E-state index is 14.5. The number of esters is 2. The normalized spacial score (nSPS) is 12.2. The van der Waals surface area contributed by atoms with Crippen molar-refractivity contribution < 1.29 is 41.4 Å². The number of rotatable bonds is 10. The molecule has 0 bridgehead atoms. The zero-order valence-electron chi connectivity index (χ0n) is 20.3. The Morgan fingerprint density at radius 3 is 2.08 bits per heavy atom. The second kappa shape index (κ2) is 12.5. The zero-order chi connectivity index (χ0) is 27.0. The van der Waals surface area contributed by atoms with Crippen LogP contribution in [0.5, 0.6) is 5.75 Å². The molecule has 0 amide bonds. The molecule has 1 unspecified atom stereocenters. The van der Waals surface area contributed by atoms with Gasteiger partial charge in [0.25, 0.3) is 0 Å². The van der Waals surface area contributed by atoms with Gasteiger partial charge in [0, 0.05) is 19.3 Å². The van der Waals surface area contributed by atoms with Gasteiger partial charge in [-0.3, -0.25) is 0 Å². The summed E-state index contributed by atoms with van der Waals surface area (Å²) in [6.45, 7) is 4.10. The summed E-state index contributed by atoms with van der Waals surface area (Å²) in [5, 5.41) is 0. The first-order valence-corrected chi connectivity index (χ1v) is 11.6. The summed E-state index contributed by atoms with van der Waals surface area (Å²) < 4.78 is 69.0. The highest BCUT2D eigenvalue weighted by Gasteiger charge is 2.42. The van der Waals surface area contributed by atoms with Crippen LogP contribution in [0.3, 0.4) is 0 Å².